The van der Waals surface area contributed by atoms with Crippen LogP contribution in [0.4, 0.5) is 10.6 Å². The molecule has 3 aromatic heterocycles. The van der Waals surface area contributed by atoms with Gasteiger partial charge in [0.2, 0.25) is 11.8 Å². The molecule has 1 aliphatic carbocycles. The molecule has 0 bridgehead atoms. The summed E-state index contributed by atoms with van der Waals surface area (Å²) in [6, 6.07) is 5.65. The minimum absolute atomic E-state index is 0.102. The molecular formula is C22H25N7O4. The van der Waals surface area contributed by atoms with Crippen LogP contribution in [0.5, 0.6) is 5.88 Å². The Bertz CT molecular complexity index is 1180. The molecule has 11 nitrogen and oxygen atoms in total. The van der Waals surface area contributed by atoms with Gasteiger partial charge in [0.15, 0.2) is 5.65 Å². The fraction of sp³-hybridized carbons (Fsp3) is 0.409. The zero-order valence-corrected chi connectivity index (χ0v) is 18.2. The number of nitrogens with zero attached hydrogens (tertiary/aromatic N) is 5. The summed E-state index contributed by atoms with van der Waals surface area (Å²) in [5, 5.41) is 10.3. The van der Waals surface area contributed by atoms with Crippen molar-refractivity contribution in [2.45, 2.75) is 31.5 Å². The van der Waals surface area contributed by atoms with E-state index in [1.807, 2.05) is 24.4 Å². The zero-order valence-electron chi connectivity index (χ0n) is 18.2. The Morgan fingerprint density at radius 3 is 2.97 bits per heavy atom. The van der Waals surface area contributed by atoms with Gasteiger partial charge in [-0.25, -0.2) is 19.3 Å². The van der Waals surface area contributed by atoms with E-state index in [4.69, 9.17) is 14.5 Å². The number of rotatable bonds is 8. The monoisotopic (exact) mass is 451 g/mol. The zero-order chi connectivity index (χ0) is 22.8. The van der Waals surface area contributed by atoms with Crippen molar-refractivity contribution in [1.29, 1.82) is 0 Å². The molecule has 0 aromatic carbocycles. The van der Waals surface area contributed by atoms with E-state index in [2.05, 4.69) is 20.7 Å². The van der Waals surface area contributed by atoms with Crippen molar-refractivity contribution in [2.75, 3.05) is 32.0 Å². The number of fused-ring (bicyclic) bond motifs is 1. The third kappa shape index (κ3) is 4.81. The minimum Gasteiger partial charge on any atom is -0.474 e. The number of likely N-dealkylation sites (N-methyl/N-ethyl adjacent to an activating group) is 1. The summed E-state index contributed by atoms with van der Waals surface area (Å²) >= 11 is 0. The van der Waals surface area contributed by atoms with Gasteiger partial charge in [-0.1, -0.05) is 0 Å². The average molecular weight is 451 g/mol. The number of ether oxygens (including phenoxy) is 2. The topological polar surface area (TPSA) is 123 Å². The van der Waals surface area contributed by atoms with E-state index >= 15 is 0 Å². The second-order valence-electron chi connectivity index (χ2n) is 8.17. The molecule has 1 saturated carbocycles. The summed E-state index contributed by atoms with van der Waals surface area (Å²) in [4.78, 5) is 34.0. The summed E-state index contributed by atoms with van der Waals surface area (Å²) in [6.07, 6.45) is 6.98. The van der Waals surface area contributed by atoms with E-state index in [9.17, 15) is 9.59 Å². The molecular weight excluding hydrogens is 426 g/mol. The first-order chi connectivity index (χ1) is 16.1. The van der Waals surface area contributed by atoms with E-state index in [1.165, 1.54) is 4.90 Å². The van der Waals surface area contributed by atoms with Gasteiger partial charge < -0.3 is 25.0 Å². The van der Waals surface area contributed by atoms with E-state index < -0.39 is 12.2 Å². The molecule has 1 saturated heterocycles. The van der Waals surface area contributed by atoms with Crippen LogP contribution >= 0.6 is 0 Å². The second kappa shape index (κ2) is 8.93. The first-order valence-corrected chi connectivity index (χ1v) is 11.0. The van der Waals surface area contributed by atoms with Crippen LogP contribution in [0.15, 0.2) is 36.8 Å². The first kappa shape index (κ1) is 21.0. The maximum Gasteiger partial charge on any atom is 0.409 e. The van der Waals surface area contributed by atoms with Crippen molar-refractivity contribution < 1.29 is 19.1 Å². The van der Waals surface area contributed by atoms with Crippen LogP contribution in [0.2, 0.25) is 0 Å². The molecule has 1 atom stereocenters. The normalized spacial score (nSPS) is 17.6. The lowest BCUT2D eigenvalue weighted by atomic mass is 10.1. The molecule has 2 aliphatic rings. The maximum absolute atomic E-state index is 12.2. The number of aromatic nitrogens is 4. The predicted molar refractivity (Wildman–Crippen MR) is 119 cm³/mol. The molecule has 1 aliphatic heterocycles. The summed E-state index contributed by atoms with van der Waals surface area (Å²) in [5.41, 5.74) is 2.37. The Hall–Kier alpha value is -3.89. The molecule has 0 radical (unpaired) electrons. The lowest BCUT2D eigenvalue weighted by Gasteiger charge is -2.19. The van der Waals surface area contributed by atoms with Gasteiger partial charge in [0, 0.05) is 38.1 Å². The van der Waals surface area contributed by atoms with Gasteiger partial charge in [0.25, 0.3) is 0 Å². The quantitative estimate of drug-likeness (QED) is 0.531. The summed E-state index contributed by atoms with van der Waals surface area (Å²) < 4.78 is 13.0. The highest BCUT2D eigenvalue weighted by molar-refractivity contribution is 5.81. The summed E-state index contributed by atoms with van der Waals surface area (Å²) in [5.74, 6) is 1.15. The lowest BCUT2D eigenvalue weighted by Crippen LogP contribution is -2.35. The van der Waals surface area contributed by atoms with Gasteiger partial charge in [0.05, 0.1) is 24.7 Å². The summed E-state index contributed by atoms with van der Waals surface area (Å²) in [7, 11) is 1.66. The highest BCUT2D eigenvalue weighted by Crippen LogP contribution is 2.34. The van der Waals surface area contributed by atoms with Crippen molar-refractivity contribution in [1.82, 2.24) is 29.8 Å². The lowest BCUT2D eigenvalue weighted by molar-refractivity contribution is -0.119. The van der Waals surface area contributed by atoms with Crippen LogP contribution in [-0.2, 0) is 9.53 Å². The van der Waals surface area contributed by atoms with Gasteiger partial charge in [-0.3, -0.25) is 4.79 Å². The number of carbonyl (C=O) groups is 2. The highest BCUT2D eigenvalue weighted by atomic mass is 16.6. The standard InChI is InChI=1S/C22H25N7O4/c1-28(22(31)33-15-11-19(30)25-12-15)10-8-23-18-6-9-29-20(27-18)17(13-26-29)16-3-2-7-24-21(16)32-14-4-5-14/h2-3,6-7,9,13-15H,4-5,8,10-12H2,1H3,(H,23,27)(H,25,30)/t15-/m0/s1. The van der Waals surface area contributed by atoms with Crippen LogP contribution in [0.3, 0.4) is 0 Å². The first-order valence-electron chi connectivity index (χ1n) is 11.0. The van der Waals surface area contributed by atoms with Crippen molar-refractivity contribution in [2.24, 2.45) is 0 Å². The second-order valence-corrected chi connectivity index (χ2v) is 8.17. The van der Waals surface area contributed by atoms with Crippen LogP contribution in [-0.4, -0.2) is 75.4 Å². The number of hydrogen-bond acceptors (Lipinski definition) is 8. The fourth-order valence-corrected chi connectivity index (χ4v) is 3.53. The molecule has 0 unspecified atom stereocenters. The molecule has 33 heavy (non-hydrogen) atoms. The maximum atomic E-state index is 12.2. The van der Waals surface area contributed by atoms with E-state index in [0.717, 1.165) is 24.0 Å². The molecule has 4 heterocycles. The van der Waals surface area contributed by atoms with Crippen LogP contribution in [0.25, 0.3) is 16.8 Å². The molecule has 2 amide bonds. The van der Waals surface area contributed by atoms with Gasteiger partial charge >= 0.3 is 6.09 Å². The SMILES string of the molecule is CN(CCNc1ccn2ncc(-c3cccnc3OC3CC3)c2n1)C(=O)O[C@@H]1CNC(=O)C1. The Morgan fingerprint density at radius 2 is 2.18 bits per heavy atom. The Kier molecular flexibility index (Phi) is 5.68. The fourth-order valence-electron chi connectivity index (χ4n) is 3.53. The third-order valence-electron chi connectivity index (χ3n) is 5.51. The Labute approximate surface area is 190 Å². The Morgan fingerprint density at radius 1 is 1.30 bits per heavy atom. The summed E-state index contributed by atoms with van der Waals surface area (Å²) in [6.45, 7) is 1.25. The number of anilines is 1. The predicted octanol–water partition coefficient (Wildman–Crippen LogP) is 1.70. The molecule has 2 fully saturated rings. The molecule has 2 N–H and O–H groups in total. The van der Waals surface area contributed by atoms with Crippen molar-refractivity contribution in [3.8, 4) is 17.0 Å². The van der Waals surface area contributed by atoms with Crippen molar-refractivity contribution >= 4 is 23.5 Å². The van der Waals surface area contributed by atoms with Crippen LogP contribution in [0.1, 0.15) is 19.3 Å². The van der Waals surface area contributed by atoms with Crippen molar-refractivity contribution in [3.63, 3.8) is 0 Å². The van der Waals surface area contributed by atoms with E-state index in [0.29, 0.717) is 37.0 Å². The number of carbonyl (C=O) groups excluding carboxylic acids is 2. The largest absolute Gasteiger partial charge is 0.474 e. The third-order valence-corrected chi connectivity index (χ3v) is 5.51. The smallest absolute Gasteiger partial charge is 0.409 e. The molecule has 11 heteroatoms. The molecule has 0 spiro atoms. The van der Waals surface area contributed by atoms with Gasteiger partial charge in [0.1, 0.15) is 18.0 Å². The van der Waals surface area contributed by atoms with Gasteiger partial charge in [-0.15, -0.1) is 0 Å². The number of pyridine rings is 1. The Balaban J connectivity index is 1.23. The van der Waals surface area contributed by atoms with Gasteiger partial charge in [-0.2, -0.15) is 5.10 Å². The van der Waals surface area contributed by atoms with Crippen LogP contribution in [0, 0.1) is 0 Å². The number of nitrogens with one attached hydrogen (secondary N) is 2. The number of hydrogen-bond donors (Lipinski definition) is 2. The van der Waals surface area contributed by atoms with Crippen molar-refractivity contribution in [3.05, 3.63) is 36.8 Å². The van der Waals surface area contributed by atoms with Crippen LogP contribution < -0.4 is 15.4 Å². The molecule has 3 aromatic rings. The minimum atomic E-state index is -0.459. The molecule has 5 rings (SSSR count). The van der Waals surface area contributed by atoms with E-state index in [-0.39, 0.29) is 18.4 Å². The van der Waals surface area contributed by atoms with Gasteiger partial charge in [-0.05, 0) is 31.0 Å². The van der Waals surface area contributed by atoms with E-state index in [1.54, 1.807) is 24.0 Å². The number of amides is 2. The molecule has 172 valence electrons. The highest BCUT2D eigenvalue weighted by Gasteiger charge is 2.27. The average Bonchev–Trinajstić information content (AvgIpc) is 3.38.